The van der Waals surface area contributed by atoms with E-state index in [2.05, 4.69) is 4.72 Å². The molecule has 2 N–H and O–H groups in total. The Balaban J connectivity index is 2.67. The molecule has 1 aliphatic rings. The minimum Gasteiger partial charge on any atom is -0.480 e. The van der Waals surface area contributed by atoms with E-state index in [0.29, 0.717) is 32.3 Å². The number of unbranched alkanes of at least 4 members (excludes halogenated alkanes) is 1. The van der Waals surface area contributed by atoms with Gasteiger partial charge in [-0.3, -0.25) is 4.79 Å². The molecule has 1 saturated heterocycles. The van der Waals surface area contributed by atoms with Gasteiger partial charge < -0.3 is 9.84 Å². The number of aliphatic carboxylic acids is 1. The fraction of sp³-hybridized carbons (Fsp3) is 0.917. The van der Waals surface area contributed by atoms with Gasteiger partial charge in [-0.05, 0) is 26.2 Å². The van der Waals surface area contributed by atoms with Crippen molar-refractivity contribution in [2.75, 3.05) is 6.61 Å². The summed E-state index contributed by atoms with van der Waals surface area (Å²) >= 11 is 0. The van der Waals surface area contributed by atoms with Crippen molar-refractivity contribution in [2.24, 2.45) is 0 Å². The van der Waals surface area contributed by atoms with Gasteiger partial charge in [0.15, 0.2) is 0 Å². The van der Waals surface area contributed by atoms with Gasteiger partial charge in [0.1, 0.15) is 6.04 Å². The van der Waals surface area contributed by atoms with Gasteiger partial charge in [-0.25, -0.2) is 13.1 Å². The molecule has 0 aromatic rings. The second kappa shape index (κ2) is 7.21. The Morgan fingerprint density at radius 3 is 2.74 bits per heavy atom. The van der Waals surface area contributed by atoms with Crippen LogP contribution in [0.15, 0.2) is 0 Å². The van der Waals surface area contributed by atoms with Crippen LogP contribution in [0.1, 0.15) is 46.0 Å². The zero-order valence-electron chi connectivity index (χ0n) is 11.5. The minimum absolute atomic E-state index is 0.103. The second-order valence-electron chi connectivity index (χ2n) is 5.02. The number of hydrogen-bond donors (Lipinski definition) is 2. The van der Waals surface area contributed by atoms with E-state index in [1.807, 2.05) is 13.8 Å². The largest absolute Gasteiger partial charge is 0.480 e. The Morgan fingerprint density at radius 2 is 2.21 bits per heavy atom. The molecule has 1 rings (SSSR count). The van der Waals surface area contributed by atoms with Crippen LogP contribution in [0, 0.1) is 0 Å². The summed E-state index contributed by atoms with van der Waals surface area (Å²) in [5.41, 5.74) is 0. The van der Waals surface area contributed by atoms with E-state index in [1.165, 1.54) is 0 Å². The van der Waals surface area contributed by atoms with Crippen LogP contribution in [0.4, 0.5) is 0 Å². The number of rotatable bonds is 7. The van der Waals surface area contributed by atoms with Gasteiger partial charge in [-0.2, -0.15) is 0 Å². The highest BCUT2D eigenvalue weighted by molar-refractivity contribution is 7.90. The van der Waals surface area contributed by atoms with Crippen molar-refractivity contribution in [1.29, 1.82) is 0 Å². The molecule has 1 fully saturated rings. The highest BCUT2D eigenvalue weighted by Gasteiger charge is 2.33. The summed E-state index contributed by atoms with van der Waals surface area (Å²) in [6.07, 6.45) is 2.57. The van der Waals surface area contributed by atoms with Crippen LogP contribution in [-0.2, 0) is 19.6 Å². The summed E-state index contributed by atoms with van der Waals surface area (Å²) in [6.45, 7) is 4.17. The lowest BCUT2D eigenvalue weighted by Crippen LogP contribution is -2.47. The molecule has 112 valence electrons. The summed E-state index contributed by atoms with van der Waals surface area (Å²) < 4.78 is 32.0. The first-order valence-electron chi connectivity index (χ1n) is 6.72. The Labute approximate surface area is 114 Å². The molecule has 1 aliphatic heterocycles. The molecule has 7 heteroatoms. The fourth-order valence-electron chi connectivity index (χ4n) is 2.17. The Hall–Kier alpha value is -0.660. The first-order chi connectivity index (χ1) is 8.86. The zero-order valence-corrected chi connectivity index (χ0v) is 12.3. The number of carboxylic acid groups (broad SMARTS) is 1. The molecular formula is C12H23NO5S. The molecule has 1 heterocycles. The number of carbonyl (C=O) groups is 1. The van der Waals surface area contributed by atoms with Crippen LogP contribution < -0.4 is 4.72 Å². The van der Waals surface area contributed by atoms with Crippen LogP contribution >= 0.6 is 0 Å². The Bertz CT molecular complexity index is 395. The second-order valence-corrected chi connectivity index (χ2v) is 7.02. The molecule has 0 radical (unpaired) electrons. The molecule has 3 atom stereocenters. The lowest BCUT2D eigenvalue weighted by atomic mass is 10.1. The maximum Gasteiger partial charge on any atom is 0.321 e. The average Bonchev–Trinajstić information content (AvgIpc) is 2.34. The molecule has 2 unspecified atom stereocenters. The fourth-order valence-corrected chi connectivity index (χ4v) is 3.91. The van der Waals surface area contributed by atoms with Crippen LogP contribution in [0.2, 0.25) is 0 Å². The van der Waals surface area contributed by atoms with Crippen molar-refractivity contribution < 1.29 is 23.1 Å². The quantitative estimate of drug-likeness (QED) is 0.733. The Kier molecular flexibility index (Phi) is 6.22. The predicted octanol–water partition coefficient (Wildman–Crippen LogP) is 1.12. The van der Waals surface area contributed by atoms with Crippen molar-refractivity contribution in [2.45, 2.75) is 63.3 Å². The van der Waals surface area contributed by atoms with E-state index in [0.717, 1.165) is 6.42 Å². The van der Waals surface area contributed by atoms with Gasteiger partial charge in [0, 0.05) is 6.61 Å². The summed E-state index contributed by atoms with van der Waals surface area (Å²) in [5.74, 6) is -1.11. The molecule has 0 saturated carbocycles. The highest BCUT2D eigenvalue weighted by Crippen LogP contribution is 2.20. The van der Waals surface area contributed by atoms with Crippen LogP contribution in [0.3, 0.4) is 0 Å². The summed E-state index contributed by atoms with van der Waals surface area (Å²) in [7, 11) is -3.60. The Morgan fingerprint density at radius 1 is 1.53 bits per heavy atom. The van der Waals surface area contributed by atoms with Crippen molar-refractivity contribution in [3.8, 4) is 0 Å². The van der Waals surface area contributed by atoms with E-state index < -0.39 is 27.3 Å². The smallest absolute Gasteiger partial charge is 0.321 e. The van der Waals surface area contributed by atoms with Crippen molar-refractivity contribution in [3.05, 3.63) is 0 Å². The standard InChI is InChI=1S/C12H23NO5S/c1-3-4-5-11(12(14)15)13-19(16,17)10-6-7-18-9(2)8-10/h9-11,13H,3-8H2,1-2H3,(H,14,15)/t9?,10?,11-/m0/s1. The van der Waals surface area contributed by atoms with Crippen LogP contribution in [0.25, 0.3) is 0 Å². The number of sulfonamides is 1. The van der Waals surface area contributed by atoms with Gasteiger partial charge in [0.2, 0.25) is 10.0 Å². The maximum absolute atomic E-state index is 12.2. The van der Waals surface area contributed by atoms with Gasteiger partial charge >= 0.3 is 5.97 Å². The lowest BCUT2D eigenvalue weighted by molar-refractivity contribution is -0.139. The monoisotopic (exact) mass is 293 g/mol. The zero-order chi connectivity index (χ0) is 14.5. The molecule has 0 amide bonds. The SMILES string of the molecule is CCCC[C@H](NS(=O)(=O)C1CCOC(C)C1)C(=O)O. The summed E-state index contributed by atoms with van der Waals surface area (Å²) in [4.78, 5) is 11.1. The first kappa shape index (κ1) is 16.4. The van der Waals surface area contributed by atoms with Gasteiger partial charge in [0.25, 0.3) is 0 Å². The molecule has 6 nitrogen and oxygen atoms in total. The molecule has 19 heavy (non-hydrogen) atoms. The van der Waals surface area contributed by atoms with Crippen LogP contribution in [-0.4, -0.2) is 43.5 Å². The normalized spacial score (nSPS) is 26.0. The number of nitrogens with one attached hydrogen (secondary N) is 1. The highest BCUT2D eigenvalue weighted by atomic mass is 32.2. The molecular weight excluding hydrogens is 270 g/mol. The number of ether oxygens (including phenoxy) is 1. The van der Waals surface area contributed by atoms with E-state index in [4.69, 9.17) is 9.84 Å². The third kappa shape index (κ3) is 5.08. The van der Waals surface area contributed by atoms with Crippen LogP contribution in [0.5, 0.6) is 0 Å². The van der Waals surface area contributed by atoms with E-state index in [1.54, 1.807) is 0 Å². The number of hydrogen-bond acceptors (Lipinski definition) is 4. The minimum atomic E-state index is -3.60. The van der Waals surface area contributed by atoms with Crippen molar-refractivity contribution in [1.82, 2.24) is 4.72 Å². The molecule has 0 aromatic carbocycles. The molecule has 0 aliphatic carbocycles. The third-order valence-corrected chi connectivity index (χ3v) is 5.25. The third-order valence-electron chi connectivity index (χ3n) is 3.33. The molecule has 0 aromatic heterocycles. The lowest BCUT2D eigenvalue weighted by Gasteiger charge is -2.28. The van der Waals surface area contributed by atoms with Crippen molar-refractivity contribution >= 4 is 16.0 Å². The molecule has 0 spiro atoms. The van der Waals surface area contributed by atoms with Gasteiger partial charge in [0.05, 0.1) is 11.4 Å². The van der Waals surface area contributed by atoms with Gasteiger partial charge in [-0.1, -0.05) is 19.8 Å². The topological polar surface area (TPSA) is 92.7 Å². The average molecular weight is 293 g/mol. The molecule has 0 bridgehead atoms. The maximum atomic E-state index is 12.2. The summed E-state index contributed by atoms with van der Waals surface area (Å²) in [6, 6.07) is -1.02. The predicted molar refractivity (Wildman–Crippen MR) is 71.4 cm³/mol. The number of carboxylic acids is 1. The van der Waals surface area contributed by atoms with E-state index >= 15 is 0 Å². The summed E-state index contributed by atoms with van der Waals surface area (Å²) in [5, 5.41) is 8.51. The van der Waals surface area contributed by atoms with Crippen molar-refractivity contribution in [3.63, 3.8) is 0 Å². The van der Waals surface area contributed by atoms with Gasteiger partial charge in [-0.15, -0.1) is 0 Å². The van der Waals surface area contributed by atoms with E-state index in [-0.39, 0.29) is 6.10 Å². The first-order valence-corrected chi connectivity index (χ1v) is 8.27. The van der Waals surface area contributed by atoms with E-state index in [9.17, 15) is 13.2 Å².